The van der Waals surface area contributed by atoms with Crippen LogP contribution >= 0.6 is 31.9 Å². The second-order valence-corrected chi connectivity index (χ2v) is 4.68. The predicted octanol–water partition coefficient (Wildman–Crippen LogP) is 3.75. The van der Waals surface area contributed by atoms with Crippen molar-refractivity contribution < 1.29 is 4.79 Å². The van der Waals surface area contributed by atoms with Crippen LogP contribution < -0.4 is 4.90 Å². The van der Waals surface area contributed by atoms with Crippen molar-refractivity contribution in [2.45, 2.75) is 6.92 Å². The normalized spacial score (nSPS) is 10.7. The minimum Gasteiger partial charge on any atom is -0.310 e. The average molecular weight is 333 g/mol. The zero-order chi connectivity index (χ0) is 11.4. The van der Waals surface area contributed by atoms with Crippen LogP contribution in [0.15, 0.2) is 39.3 Å². The quantitative estimate of drug-likeness (QED) is 0.755. The van der Waals surface area contributed by atoms with Gasteiger partial charge in [0.05, 0.1) is 5.69 Å². The first-order chi connectivity index (χ1) is 7.07. The van der Waals surface area contributed by atoms with E-state index in [1.54, 1.807) is 18.0 Å². The number of benzene rings is 1. The van der Waals surface area contributed by atoms with E-state index in [-0.39, 0.29) is 5.91 Å². The van der Waals surface area contributed by atoms with E-state index in [0.717, 1.165) is 14.6 Å². The van der Waals surface area contributed by atoms with Gasteiger partial charge in [-0.15, -0.1) is 0 Å². The van der Waals surface area contributed by atoms with Crippen LogP contribution in [0, 0.1) is 0 Å². The lowest BCUT2D eigenvalue weighted by Gasteiger charge is -2.18. The number of allylic oxidation sites excluding steroid dienone is 1. The number of nitrogens with zero attached hydrogens (tertiary/aromatic N) is 1. The van der Waals surface area contributed by atoms with Crippen molar-refractivity contribution in [3.05, 3.63) is 39.3 Å². The predicted molar refractivity (Wildman–Crippen MR) is 70.1 cm³/mol. The molecule has 0 radical (unpaired) electrons. The number of carbonyl (C=O) groups excluding carboxylic acids is 1. The van der Waals surface area contributed by atoms with Gasteiger partial charge < -0.3 is 4.90 Å². The number of likely N-dealkylation sites (N-methyl/N-ethyl adjacent to an activating group) is 1. The Balaban J connectivity index is 3.10. The number of carbonyl (C=O) groups is 1. The van der Waals surface area contributed by atoms with Crippen molar-refractivity contribution in [2.75, 3.05) is 11.9 Å². The molecule has 1 amide bonds. The van der Waals surface area contributed by atoms with E-state index in [2.05, 4.69) is 31.9 Å². The third-order valence-corrected chi connectivity index (χ3v) is 3.19. The highest BCUT2D eigenvalue weighted by atomic mass is 79.9. The molecule has 0 aliphatic heterocycles. The molecule has 0 fully saturated rings. The van der Waals surface area contributed by atoms with Crippen LogP contribution in [0.3, 0.4) is 0 Å². The number of hydrogen-bond acceptors (Lipinski definition) is 1. The summed E-state index contributed by atoms with van der Waals surface area (Å²) in [5.74, 6) is -0.0508. The van der Waals surface area contributed by atoms with Crippen molar-refractivity contribution in [1.29, 1.82) is 0 Å². The fourth-order valence-electron chi connectivity index (χ4n) is 1.17. The van der Waals surface area contributed by atoms with Gasteiger partial charge in [-0.1, -0.05) is 12.1 Å². The van der Waals surface area contributed by atoms with Gasteiger partial charge >= 0.3 is 0 Å². The molecule has 0 aliphatic rings. The van der Waals surface area contributed by atoms with Crippen molar-refractivity contribution in [1.82, 2.24) is 0 Å². The van der Waals surface area contributed by atoms with Crippen LogP contribution in [0.2, 0.25) is 0 Å². The zero-order valence-electron chi connectivity index (χ0n) is 8.50. The van der Waals surface area contributed by atoms with Gasteiger partial charge in [0.25, 0.3) is 0 Å². The van der Waals surface area contributed by atoms with Gasteiger partial charge in [0.1, 0.15) is 0 Å². The first kappa shape index (κ1) is 12.5. The summed E-state index contributed by atoms with van der Waals surface area (Å²) in [5, 5.41) is 0. The zero-order valence-corrected chi connectivity index (χ0v) is 11.7. The lowest BCUT2D eigenvalue weighted by molar-refractivity contribution is -0.113. The van der Waals surface area contributed by atoms with E-state index in [0.29, 0.717) is 0 Å². The fraction of sp³-hybridized carbons (Fsp3) is 0.182. The second kappa shape index (κ2) is 5.47. The van der Waals surface area contributed by atoms with Crippen LogP contribution in [0.1, 0.15) is 6.92 Å². The largest absolute Gasteiger partial charge is 0.310 e. The minimum atomic E-state index is -0.0508. The van der Waals surface area contributed by atoms with E-state index >= 15 is 0 Å². The van der Waals surface area contributed by atoms with Gasteiger partial charge in [0, 0.05) is 16.0 Å². The first-order valence-corrected chi connectivity index (χ1v) is 6.01. The first-order valence-electron chi connectivity index (χ1n) is 4.42. The summed E-state index contributed by atoms with van der Waals surface area (Å²) in [4.78, 5) is 13.2. The van der Waals surface area contributed by atoms with Gasteiger partial charge in [-0.2, -0.15) is 0 Å². The van der Waals surface area contributed by atoms with Crippen molar-refractivity contribution in [3.63, 3.8) is 0 Å². The molecule has 0 saturated heterocycles. The van der Waals surface area contributed by atoms with Crippen molar-refractivity contribution >= 4 is 43.5 Å². The van der Waals surface area contributed by atoms with Gasteiger partial charge in [0.2, 0.25) is 5.91 Å². The van der Waals surface area contributed by atoms with Crippen LogP contribution in [0.25, 0.3) is 0 Å². The summed E-state index contributed by atoms with van der Waals surface area (Å²) < 4.78 is 1.77. The lowest BCUT2D eigenvalue weighted by atomic mass is 10.3. The maximum absolute atomic E-state index is 11.6. The summed E-state index contributed by atoms with van der Waals surface area (Å²) in [6, 6.07) is 5.71. The Morgan fingerprint density at radius 1 is 1.33 bits per heavy atom. The Hall–Kier alpha value is -0.610. The fourth-order valence-corrected chi connectivity index (χ4v) is 2.70. The monoisotopic (exact) mass is 331 g/mol. The van der Waals surface area contributed by atoms with Gasteiger partial charge in [-0.25, -0.2) is 0 Å². The number of rotatable bonds is 2. The van der Waals surface area contributed by atoms with Crippen LogP contribution in [0.5, 0.6) is 0 Å². The number of amides is 1. The summed E-state index contributed by atoms with van der Waals surface area (Å²) in [7, 11) is 1.74. The molecule has 4 heteroatoms. The van der Waals surface area contributed by atoms with Crippen molar-refractivity contribution in [3.8, 4) is 0 Å². The minimum absolute atomic E-state index is 0.0508. The third kappa shape index (κ3) is 2.92. The summed E-state index contributed by atoms with van der Waals surface area (Å²) in [6.45, 7) is 1.82. The molecule has 0 N–H and O–H groups in total. The maximum Gasteiger partial charge on any atom is 0.250 e. The molecule has 0 saturated carbocycles. The molecule has 0 unspecified atom stereocenters. The molecular formula is C11H11Br2NO. The van der Waals surface area contributed by atoms with E-state index in [9.17, 15) is 4.79 Å². The van der Waals surface area contributed by atoms with Crippen LogP contribution in [-0.4, -0.2) is 13.0 Å². The average Bonchev–Trinajstić information content (AvgIpc) is 2.17. The van der Waals surface area contributed by atoms with Crippen LogP contribution in [-0.2, 0) is 4.79 Å². The molecular weight excluding hydrogens is 322 g/mol. The van der Waals surface area contributed by atoms with E-state index in [4.69, 9.17) is 0 Å². The number of anilines is 1. The molecule has 2 nitrogen and oxygen atoms in total. The number of para-hydroxylation sites is 1. The van der Waals surface area contributed by atoms with Crippen molar-refractivity contribution in [2.24, 2.45) is 0 Å². The van der Waals surface area contributed by atoms with E-state index in [1.807, 2.05) is 25.1 Å². The Labute approximate surface area is 106 Å². The highest BCUT2D eigenvalue weighted by Crippen LogP contribution is 2.33. The maximum atomic E-state index is 11.6. The van der Waals surface area contributed by atoms with E-state index in [1.165, 1.54) is 6.08 Å². The summed E-state index contributed by atoms with van der Waals surface area (Å²) in [6.07, 6.45) is 3.26. The highest BCUT2D eigenvalue weighted by Gasteiger charge is 2.13. The Morgan fingerprint density at radius 2 is 1.87 bits per heavy atom. The Morgan fingerprint density at radius 3 is 2.33 bits per heavy atom. The molecule has 0 aliphatic carbocycles. The SMILES string of the molecule is C/C=C/C(=O)N(C)c1c(Br)cccc1Br. The molecule has 1 rings (SSSR count). The molecule has 1 aromatic rings. The smallest absolute Gasteiger partial charge is 0.250 e. The Kier molecular flexibility index (Phi) is 4.54. The molecule has 0 spiro atoms. The molecule has 15 heavy (non-hydrogen) atoms. The van der Waals surface area contributed by atoms with Crippen LogP contribution in [0.4, 0.5) is 5.69 Å². The standard InChI is InChI=1S/C11H11Br2NO/c1-3-5-10(15)14(2)11-8(12)6-4-7-9(11)13/h3-7H,1-2H3/b5-3+. The van der Waals surface area contributed by atoms with Gasteiger partial charge in [0.15, 0.2) is 0 Å². The second-order valence-electron chi connectivity index (χ2n) is 2.97. The highest BCUT2D eigenvalue weighted by molar-refractivity contribution is 9.11. The Bertz CT molecular complexity index is 381. The molecule has 0 heterocycles. The number of halogens is 2. The molecule has 0 aromatic heterocycles. The summed E-state index contributed by atoms with van der Waals surface area (Å²) >= 11 is 6.84. The molecule has 1 aromatic carbocycles. The number of hydrogen-bond donors (Lipinski definition) is 0. The molecule has 0 bridgehead atoms. The molecule has 0 atom stereocenters. The van der Waals surface area contributed by atoms with Gasteiger partial charge in [-0.3, -0.25) is 4.79 Å². The van der Waals surface area contributed by atoms with E-state index < -0.39 is 0 Å². The van der Waals surface area contributed by atoms with Gasteiger partial charge in [-0.05, 0) is 57.0 Å². The molecule has 80 valence electrons. The summed E-state index contributed by atoms with van der Waals surface area (Å²) in [5.41, 5.74) is 0.834. The third-order valence-electron chi connectivity index (χ3n) is 1.91. The lowest BCUT2D eigenvalue weighted by Crippen LogP contribution is -2.24. The topological polar surface area (TPSA) is 20.3 Å².